The molecule has 0 saturated heterocycles. The van der Waals surface area contributed by atoms with Crippen molar-refractivity contribution in [1.29, 1.82) is 0 Å². The number of hydrogen-bond donors (Lipinski definition) is 3. The molecule has 8 nitrogen and oxygen atoms in total. The van der Waals surface area contributed by atoms with E-state index < -0.39 is 12.1 Å². The van der Waals surface area contributed by atoms with Gasteiger partial charge in [-0.15, -0.1) is 10.2 Å². The average Bonchev–Trinajstić information content (AvgIpc) is 3.40. The van der Waals surface area contributed by atoms with Crippen molar-refractivity contribution in [1.82, 2.24) is 20.8 Å². The predicted molar refractivity (Wildman–Crippen MR) is 150 cm³/mol. The lowest BCUT2D eigenvalue weighted by Gasteiger charge is -2.24. The van der Waals surface area contributed by atoms with Crippen molar-refractivity contribution in [2.24, 2.45) is 5.92 Å². The minimum atomic E-state index is -0.760. The van der Waals surface area contributed by atoms with Crippen LogP contribution in [0.5, 0.6) is 0 Å². The summed E-state index contributed by atoms with van der Waals surface area (Å²) in [5, 5.41) is 19.7. The number of nitrogens with zero attached hydrogens (tertiary/aromatic N) is 2. The van der Waals surface area contributed by atoms with Gasteiger partial charge >= 0.3 is 6.09 Å². The summed E-state index contributed by atoms with van der Waals surface area (Å²) < 4.78 is 5.36. The van der Waals surface area contributed by atoms with Gasteiger partial charge in [-0.2, -0.15) is 0 Å². The van der Waals surface area contributed by atoms with Gasteiger partial charge < -0.3 is 20.7 Å². The Hall–Kier alpha value is -3.46. The van der Waals surface area contributed by atoms with E-state index in [-0.39, 0.29) is 24.5 Å². The molecule has 4 rings (SSSR count). The van der Waals surface area contributed by atoms with E-state index >= 15 is 0 Å². The van der Waals surface area contributed by atoms with Crippen LogP contribution < -0.4 is 16.0 Å². The summed E-state index contributed by atoms with van der Waals surface area (Å²) in [4.78, 5) is 26.0. The zero-order valence-corrected chi connectivity index (χ0v) is 22.9. The van der Waals surface area contributed by atoms with Crippen LogP contribution in [0, 0.1) is 5.92 Å². The van der Waals surface area contributed by atoms with E-state index in [9.17, 15) is 9.59 Å². The Balaban J connectivity index is 1.43. The van der Waals surface area contributed by atoms with Gasteiger partial charge in [-0.05, 0) is 36.3 Å². The van der Waals surface area contributed by atoms with E-state index in [0.717, 1.165) is 34.1 Å². The predicted octanol–water partition coefficient (Wildman–Crippen LogP) is 5.63. The molecule has 0 spiro atoms. The Bertz CT molecular complexity index is 1150. The van der Waals surface area contributed by atoms with Gasteiger partial charge in [0.2, 0.25) is 11.0 Å². The molecule has 202 valence electrons. The zero-order valence-electron chi connectivity index (χ0n) is 22.1. The molecule has 1 heterocycles. The molecule has 38 heavy (non-hydrogen) atoms. The molecule has 2 aromatic carbocycles. The monoisotopic (exact) mass is 535 g/mol. The Kier molecular flexibility index (Phi) is 10.1. The molecule has 0 radical (unpaired) electrons. The lowest BCUT2D eigenvalue weighted by molar-refractivity contribution is -0.124. The van der Waals surface area contributed by atoms with E-state index in [4.69, 9.17) is 4.74 Å². The van der Waals surface area contributed by atoms with Crippen LogP contribution in [-0.2, 0) is 22.6 Å². The number of rotatable bonds is 11. The van der Waals surface area contributed by atoms with Gasteiger partial charge in [0.05, 0.1) is 6.04 Å². The van der Waals surface area contributed by atoms with Crippen molar-refractivity contribution in [2.45, 2.75) is 77.1 Å². The molecular formula is C29H37N5O3S. The number of alkyl carbamates (subject to hydrolysis) is 1. The topological polar surface area (TPSA) is 105 Å². The van der Waals surface area contributed by atoms with Crippen LogP contribution in [0.4, 0.5) is 9.93 Å². The Morgan fingerprint density at radius 3 is 2.24 bits per heavy atom. The second kappa shape index (κ2) is 13.9. The summed E-state index contributed by atoms with van der Waals surface area (Å²) in [6.45, 7) is 3.92. The van der Waals surface area contributed by atoms with Gasteiger partial charge in [0.25, 0.3) is 0 Å². The third-order valence-electron chi connectivity index (χ3n) is 6.71. The summed E-state index contributed by atoms with van der Waals surface area (Å²) >= 11 is 1.48. The maximum absolute atomic E-state index is 13.5. The van der Waals surface area contributed by atoms with E-state index in [2.05, 4.69) is 26.1 Å². The van der Waals surface area contributed by atoms with Crippen molar-refractivity contribution in [3.8, 4) is 0 Å². The molecule has 2 atom stereocenters. The van der Waals surface area contributed by atoms with Crippen LogP contribution in [0.1, 0.15) is 68.1 Å². The lowest BCUT2D eigenvalue weighted by atomic mass is 9.96. The van der Waals surface area contributed by atoms with E-state index in [1.165, 1.54) is 30.6 Å². The van der Waals surface area contributed by atoms with Gasteiger partial charge in [-0.3, -0.25) is 4.79 Å². The minimum Gasteiger partial charge on any atom is -0.445 e. The molecule has 1 saturated carbocycles. The highest BCUT2D eigenvalue weighted by molar-refractivity contribution is 7.15. The number of amides is 2. The third kappa shape index (κ3) is 8.28. The Labute approximate surface area is 228 Å². The van der Waals surface area contributed by atoms with Crippen LogP contribution in [0.3, 0.4) is 0 Å². The van der Waals surface area contributed by atoms with Gasteiger partial charge in [0.1, 0.15) is 17.7 Å². The molecule has 1 aliphatic carbocycles. The van der Waals surface area contributed by atoms with E-state index in [0.29, 0.717) is 12.5 Å². The molecule has 3 N–H and O–H groups in total. The largest absolute Gasteiger partial charge is 0.445 e. The minimum absolute atomic E-state index is 0.136. The normalized spacial score (nSPS) is 15.4. The summed E-state index contributed by atoms with van der Waals surface area (Å²) in [7, 11) is 0. The third-order valence-corrected chi connectivity index (χ3v) is 7.67. The highest BCUT2D eigenvalue weighted by atomic mass is 32.1. The van der Waals surface area contributed by atoms with Crippen LogP contribution in [0.2, 0.25) is 0 Å². The first-order chi connectivity index (χ1) is 18.5. The number of nitrogens with one attached hydrogen (secondary N) is 3. The fourth-order valence-electron chi connectivity index (χ4n) is 4.59. The maximum Gasteiger partial charge on any atom is 0.408 e. The molecule has 2 amide bonds. The second-order valence-corrected chi connectivity index (χ2v) is 11.1. The van der Waals surface area contributed by atoms with Gasteiger partial charge in [0.15, 0.2) is 0 Å². The number of aromatic nitrogens is 2. The summed E-state index contributed by atoms with van der Waals surface area (Å²) in [6.07, 6.45) is 5.96. The van der Waals surface area contributed by atoms with Crippen molar-refractivity contribution in [3.63, 3.8) is 0 Å². The number of carbonyl (C=O) groups is 2. The molecule has 1 fully saturated rings. The molecule has 0 aliphatic heterocycles. The number of ether oxygens (including phenoxy) is 1. The van der Waals surface area contributed by atoms with E-state index in [1.54, 1.807) is 0 Å². The Morgan fingerprint density at radius 1 is 0.921 bits per heavy atom. The second-order valence-electron chi connectivity index (χ2n) is 10.1. The quantitative estimate of drug-likeness (QED) is 0.294. The molecule has 1 aromatic heterocycles. The number of benzene rings is 2. The molecule has 0 unspecified atom stereocenters. The van der Waals surface area contributed by atoms with E-state index in [1.807, 2.05) is 74.5 Å². The highest BCUT2D eigenvalue weighted by Crippen LogP contribution is 2.28. The molecule has 3 aromatic rings. The summed E-state index contributed by atoms with van der Waals surface area (Å²) in [6, 6.07) is 18.7. The first kappa shape index (κ1) is 27.6. The van der Waals surface area contributed by atoms with Crippen LogP contribution in [0.25, 0.3) is 0 Å². The first-order valence-corrected chi connectivity index (χ1v) is 14.2. The number of hydrogen-bond acceptors (Lipinski definition) is 7. The molecule has 1 aliphatic rings. The molecular weight excluding hydrogens is 498 g/mol. The zero-order chi connectivity index (χ0) is 26.7. The maximum atomic E-state index is 13.5. The van der Waals surface area contributed by atoms with Gasteiger partial charge in [0, 0.05) is 6.04 Å². The average molecular weight is 536 g/mol. The molecule has 0 bridgehead atoms. The van der Waals surface area contributed by atoms with Crippen LogP contribution in [0.15, 0.2) is 60.7 Å². The Morgan fingerprint density at radius 2 is 1.58 bits per heavy atom. The summed E-state index contributed by atoms with van der Waals surface area (Å²) in [5.41, 5.74) is 1.95. The number of anilines is 1. The number of carbonyl (C=O) groups excluding carboxylic acids is 2. The first-order valence-electron chi connectivity index (χ1n) is 13.4. The van der Waals surface area contributed by atoms with Gasteiger partial charge in [-0.1, -0.05) is 105 Å². The summed E-state index contributed by atoms with van der Waals surface area (Å²) in [5.74, 6) is -0.427. The highest BCUT2D eigenvalue weighted by Gasteiger charge is 2.29. The van der Waals surface area contributed by atoms with Crippen molar-refractivity contribution in [2.75, 3.05) is 5.32 Å². The fourth-order valence-corrected chi connectivity index (χ4v) is 5.46. The van der Waals surface area contributed by atoms with Crippen molar-refractivity contribution >= 4 is 28.5 Å². The van der Waals surface area contributed by atoms with Crippen molar-refractivity contribution in [3.05, 3.63) is 76.8 Å². The van der Waals surface area contributed by atoms with Crippen molar-refractivity contribution < 1.29 is 14.3 Å². The smallest absolute Gasteiger partial charge is 0.408 e. The lowest BCUT2D eigenvalue weighted by Crippen LogP contribution is -2.50. The molecule has 9 heteroatoms. The standard InChI is InChI=1S/C29H37N5O3S/c1-20(2)25(32-29(36)37-19-22-14-8-4-9-15-22)26(35)31-24(18-21-12-6-3-7-13-21)27-33-34-28(38-27)30-23-16-10-5-11-17-23/h3-4,6-9,12-15,20,23-25H,5,10-11,16-19H2,1-2H3,(H,30,34)(H,31,35)(H,32,36)/t24-,25-/m0/s1. The van der Waals surface area contributed by atoms with Crippen LogP contribution in [-0.4, -0.2) is 34.3 Å². The SMILES string of the molecule is CC(C)[C@H](NC(=O)OCc1ccccc1)C(=O)N[C@@H](Cc1ccccc1)c1nnc(NC2CCCCC2)s1. The fraction of sp³-hybridized carbons (Fsp3) is 0.448. The van der Waals surface area contributed by atoms with Gasteiger partial charge in [-0.25, -0.2) is 4.79 Å². The van der Waals surface area contributed by atoms with Crippen LogP contribution >= 0.6 is 11.3 Å².